The summed E-state index contributed by atoms with van der Waals surface area (Å²) < 4.78 is 13.3. The number of hydrogen-bond donors (Lipinski definition) is 2. The highest BCUT2D eigenvalue weighted by Crippen LogP contribution is 2.24. The van der Waals surface area contributed by atoms with E-state index < -0.39 is 0 Å². The highest BCUT2D eigenvalue weighted by atomic mass is 19.1. The van der Waals surface area contributed by atoms with E-state index in [4.69, 9.17) is 0 Å². The van der Waals surface area contributed by atoms with Crippen molar-refractivity contribution < 1.29 is 14.0 Å². The van der Waals surface area contributed by atoms with Crippen LogP contribution in [0.2, 0.25) is 0 Å². The van der Waals surface area contributed by atoms with Gasteiger partial charge in [0.05, 0.1) is 6.04 Å². The SMILES string of the molecule is C[C@H]1CCCC[C@H]1NC(=O)N[C@@H]1CC(=O)N(c2cccc(F)c2)C1. The summed E-state index contributed by atoms with van der Waals surface area (Å²) in [6, 6.07) is 5.70. The van der Waals surface area contributed by atoms with Crippen LogP contribution in [0.5, 0.6) is 0 Å². The zero-order valence-corrected chi connectivity index (χ0v) is 13.9. The molecule has 0 radical (unpaired) electrons. The van der Waals surface area contributed by atoms with Crippen LogP contribution in [-0.2, 0) is 4.79 Å². The first-order chi connectivity index (χ1) is 11.5. The molecule has 0 aromatic heterocycles. The molecular weight excluding hydrogens is 309 g/mol. The molecule has 1 aliphatic carbocycles. The zero-order valence-electron chi connectivity index (χ0n) is 13.9. The lowest BCUT2D eigenvalue weighted by Crippen LogP contribution is -2.49. The van der Waals surface area contributed by atoms with Crippen molar-refractivity contribution in [1.29, 1.82) is 0 Å². The Balaban J connectivity index is 1.55. The quantitative estimate of drug-likeness (QED) is 0.893. The Labute approximate surface area is 141 Å². The predicted molar refractivity (Wildman–Crippen MR) is 90.2 cm³/mol. The van der Waals surface area contributed by atoms with E-state index in [9.17, 15) is 14.0 Å². The maximum atomic E-state index is 13.3. The molecule has 130 valence electrons. The Kier molecular flexibility index (Phi) is 5.02. The van der Waals surface area contributed by atoms with E-state index in [1.54, 1.807) is 12.1 Å². The number of anilines is 1. The number of nitrogens with one attached hydrogen (secondary N) is 2. The van der Waals surface area contributed by atoms with Gasteiger partial charge in [-0.05, 0) is 37.0 Å². The Morgan fingerprint density at radius 1 is 1.25 bits per heavy atom. The topological polar surface area (TPSA) is 61.4 Å². The number of rotatable bonds is 3. The standard InChI is InChI=1S/C18H24FN3O2/c1-12-5-2-3-8-16(12)21-18(24)20-14-10-17(23)22(11-14)15-7-4-6-13(19)9-15/h4,6-7,9,12,14,16H,2-3,5,8,10-11H2,1H3,(H2,20,21,24)/t12-,14+,16+/m0/s1. The van der Waals surface area contributed by atoms with Crippen LogP contribution < -0.4 is 15.5 Å². The second kappa shape index (κ2) is 7.20. The van der Waals surface area contributed by atoms with Crippen LogP contribution in [-0.4, -0.2) is 30.6 Å². The van der Waals surface area contributed by atoms with Gasteiger partial charge in [0.25, 0.3) is 0 Å². The number of benzene rings is 1. The first-order valence-electron chi connectivity index (χ1n) is 8.66. The molecule has 0 bridgehead atoms. The maximum absolute atomic E-state index is 13.3. The van der Waals surface area contributed by atoms with E-state index in [1.165, 1.54) is 23.5 Å². The molecule has 2 aliphatic rings. The van der Waals surface area contributed by atoms with Crippen LogP contribution in [0, 0.1) is 11.7 Å². The lowest BCUT2D eigenvalue weighted by atomic mass is 9.86. The molecule has 3 atom stereocenters. The number of hydrogen-bond acceptors (Lipinski definition) is 2. The Bertz CT molecular complexity index is 622. The summed E-state index contributed by atoms with van der Waals surface area (Å²) in [5.41, 5.74) is 0.533. The maximum Gasteiger partial charge on any atom is 0.315 e. The summed E-state index contributed by atoms with van der Waals surface area (Å²) in [6.45, 7) is 2.53. The fraction of sp³-hybridized carbons (Fsp3) is 0.556. The summed E-state index contributed by atoms with van der Waals surface area (Å²) in [4.78, 5) is 25.9. The second-order valence-corrected chi connectivity index (χ2v) is 6.87. The minimum atomic E-state index is -0.374. The van der Waals surface area contributed by atoms with Gasteiger partial charge < -0.3 is 15.5 Å². The zero-order chi connectivity index (χ0) is 17.1. The van der Waals surface area contributed by atoms with Gasteiger partial charge in [0.2, 0.25) is 5.91 Å². The van der Waals surface area contributed by atoms with E-state index in [0.29, 0.717) is 18.2 Å². The van der Waals surface area contributed by atoms with Crippen molar-refractivity contribution in [3.05, 3.63) is 30.1 Å². The average Bonchev–Trinajstić information content (AvgIpc) is 2.90. The fourth-order valence-electron chi connectivity index (χ4n) is 3.62. The smallest absolute Gasteiger partial charge is 0.315 e. The van der Waals surface area contributed by atoms with Gasteiger partial charge in [0.1, 0.15) is 5.82 Å². The lowest BCUT2D eigenvalue weighted by molar-refractivity contribution is -0.117. The van der Waals surface area contributed by atoms with Gasteiger partial charge >= 0.3 is 6.03 Å². The van der Waals surface area contributed by atoms with Crippen LogP contribution >= 0.6 is 0 Å². The Hall–Kier alpha value is -2.11. The van der Waals surface area contributed by atoms with Crippen LogP contribution in [0.3, 0.4) is 0 Å². The van der Waals surface area contributed by atoms with E-state index in [-0.39, 0.29) is 36.3 Å². The van der Waals surface area contributed by atoms with Gasteiger partial charge in [-0.25, -0.2) is 9.18 Å². The van der Waals surface area contributed by atoms with Gasteiger partial charge in [-0.1, -0.05) is 25.8 Å². The predicted octanol–water partition coefficient (Wildman–Crippen LogP) is 2.81. The molecule has 0 unspecified atom stereocenters. The van der Waals surface area contributed by atoms with Crippen LogP contribution in [0.15, 0.2) is 24.3 Å². The summed E-state index contributed by atoms with van der Waals surface area (Å²) >= 11 is 0. The molecule has 1 aromatic carbocycles. The fourth-order valence-corrected chi connectivity index (χ4v) is 3.62. The third-order valence-corrected chi connectivity index (χ3v) is 5.01. The Morgan fingerprint density at radius 3 is 2.79 bits per heavy atom. The molecule has 6 heteroatoms. The number of carbonyl (C=O) groups excluding carboxylic acids is 2. The molecule has 2 N–H and O–H groups in total. The third kappa shape index (κ3) is 3.86. The lowest BCUT2D eigenvalue weighted by Gasteiger charge is -2.30. The number of halogens is 1. The van der Waals surface area contributed by atoms with Gasteiger partial charge in [0.15, 0.2) is 0 Å². The number of nitrogens with zero attached hydrogens (tertiary/aromatic N) is 1. The van der Waals surface area contributed by atoms with E-state index >= 15 is 0 Å². The number of carbonyl (C=O) groups is 2. The van der Waals surface area contributed by atoms with Crippen molar-refractivity contribution in [3.8, 4) is 0 Å². The van der Waals surface area contributed by atoms with Crippen molar-refractivity contribution in [3.63, 3.8) is 0 Å². The molecule has 5 nitrogen and oxygen atoms in total. The minimum Gasteiger partial charge on any atom is -0.335 e. The third-order valence-electron chi connectivity index (χ3n) is 5.01. The molecule has 2 fully saturated rings. The monoisotopic (exact) mass is 333 g/mol. The number of urea groups is 1. The second-order valence-electron chi connectivity index (χ2n) is 6.87. The molecule has 3 rings (SSSR count). The molecule has 1 heterocycles. The molecule has 3 amide bonds. The highest BCUT2D eigenvalue weighted by molar-refractivity contribution is 5.96. The molecular formula is C18H24FN3O2. The molecule has 1 aromatic rings. The van der Waals surface area contributed by atoms with Crippen molar-refractivity contribution in [1.82, 2.24) is 10.6 Å². The van der Waals surface area contributed by atoms with Gasteiger partial charge in [-0.15, -0.1) is 0 Å². The summed E-state index contributed by atoms with van der Waals surface area (Å²) in [6.07, 6.45) is 4.75. The summed E-state index contributed by atoms with van der Waals surface area (Å²) in [5, 5.41) is 5.92. The highest BCUT2D eigenvalue weighted by Gasteiger charge is 2.32. The van der Waals surface area contributed by atoms with Gasteiger partial charge in [-0.2, -0.15) is 0 Å². The summed E-state index contributed by atoms with van der Waals surface area (Å²) in [7, 11) is 0. The van der Waals surface area contributed by atoms with Crippen LogP contribution in [0.1, 0.15) is 39.0 Å². The molecule has 0 spiro atoms. The molecule has 1 aliphatic heterocycles. The molecule has 1 saturated heterocycles. The first-order valence-corrected chi connectivity index (χ1v) is 8.66. The van der Waals surface area contributed by atoms with Crippen molar-refractivity contribution >= 4 is 17.6 Å². The van der Waals surface area contributed by atoms with Crippen LogP contribution in [0.4, 0.5) is 14.9 Å². The average molecular weight is 333 g/mol. The molecule has 24 heavy (non-hydrogen) atoms. The van der Waals surface area contributed by atoms with Gasteiger partial charge in [-0.3, -0.25) is 4.79 Å². The van der Waals surface area contributed by atoms with Crippen LogP contribution in [0.25, 0.3) is 0 Å². The van der Waals surface area contributed by atoms with E-state index in [0.717, 1.165) is 19.3 Å². The van der Waals surface area contributed by atoms with Crippen molar-refractivity contribution in [2.75, 3.05) is 11.4 Å². The normalized spacial score (nSPS) is 27.2. The van der Waals surface area contributed by atoms with E-state index in [1.807, 2.05) is 0 Å². The minimum absolute atomic E-state index is 0.100. The van der Waals surface area contributed by atoms with E-state index in [2.05, 4.69) is 17.6 Å². The number of amides is 3. The summed E-state index contributed by atoms with van der Waals surface area (Å²) in [5.74, 6) is 0.0103. The Morgan fingerprint density at radius 2 is 2.04 bits per heavy atom. The van der Waals surface area contributed by atoms with Crippen molar-refractivity contribution in [2.24, 2.45) is 5.92 Å². The largest absolute Gasteiger partial charge is 0.335 e. The van der Waals surface area contributed by atoms with Crippen molar-refractivity contribution in [2.45, 2.75) is 51.1 Å². The first kappa shape index (κ1) is 16.7. The van der Waals surface area contributed by atoms with Gasteiger partial charge in [0, 0.05) is 24.7 Å². The molecule has 1 saturated carbocycles.